The lowest BCUT2D eigenvalue weighted by Crippen LogP contribution is -1.94. The van der Waals surface area contributed by atoms with Crippen molar-refractivity contribution in [3.8, 4) is 17.3 Å². The monoisotopic (exact) mass is 330 g/mol. The van der Waals surface area contributed by atoms with Crippen LogP contribution in [-0.2, 0) is 6.42 Å². The number of rotatable bonds is 2. The number of hydrogen-bond donors (Lipinski definition) is 0. The summed E-state index contributed by atoms with van der Waals surface area (Å²) in [6, 6.07) is 8.55. The van der Waals surface area contributed by atoms with Crippen LogP contribution in [0.4, 0.5) is 0 Å². The molecule has 0 fully saturated rings. The Hall–Kier alpha value is -0.980. The zero-order valence-electron chi connectivity index (χ0n) is 9.42. The summed E-state index contributed by atoms with van der Waals surface area (Å²) >= 11 is 24.1. The van der Waals surface area contributed by atoms with Crippen LogP contribution in [0.2, 0.25) is 20.1 Å². The van der Waals surface area contributed by atoms with E-state index in [9.17, 15) is 0 Å². The van der Waals surface area contributed by atoms with Crippen LogP contribution in [0.15, 0.2) is 24.3 Å². The molecule has 0 aliphatic rings. The molecule has 0 spiro atoms. The van der Waals surface area contributed by atoms with Crippen LogP contribution in [0.5, 0.6) is 0 Å². The summed E-state index contributed by atoms with van der Waals surface area (Å²) < 4.78 is 0. The number of hydrogen-bond acceptors (Lipinski definition) is 2. The molecule has 96 valence electrons. The van der Waals surface area contributed by atoms with Gasteiger partial charge in [-0.15, -0.1) is 0 Å². The summed E-state index contributed by atoms with van der Waals surface area (Å²) in [5.74, 6) is 0. The molecule has 1 aromatic carbocycles. The van der Waals surface area contributed by atoms with Gasteiger partial charge in [0, 0.05) is 10.6 Å². The highest BCUT2D eigenvalue weighted by Gasteiger charge is 2.13. The third kappa shape index (κ3) is 3.13. The Balaban J connectivity index is 2.60. The van der Waals surface area contributed by atoms with E-state index >= 15 is 0 Å². The van der Waals surface area contributed by atoms with Gasteiger partial charge < -0.3 is 0 Å². The minimum atomic E-state index is 0.121. The largest absolute Gasteiger partial charge is 0.250 e. The predicted octanol–water partition coefficient (Wildman–Crippen LogP) is 5.43. The third-order valence-corrected chi connectivity index (χ3v) is 3.59. The van der Waals surface area contributed by atoms with Gasteiger partial charge in [0.25, 0.3) is 0 Å². The maximum Gasteiger partial charge on any atom is 0.0790 e. The molecule has 2 nitrogen and oxygen atoms in total. The molecule has 0 radical (unpaired) electrons. The van der Waals surface area contributed by atoms with Crippen LogP contribution in [0.3, 0.4) is 0 Å². The smallest absolute Gasteiger partial charge is 0.0790 e. The van der Waals surface area contributed by atoms with Gasteiger partial charge in [0.2, 0.25) is 0 Å². The lowest BCUT2D eigenvalue weighted by molar-refractivity contribution is 1.12. The van der Waals surface area contributed by atoms with Crippen molar-refractivity contribution in [3.63, 3.8) is 0 Å². The summed E-state index contributed by atoms with van der Waals surface area (Å²) in [6.07, 6.45) is 0.121. The van der Waals surface area contributed by atoms with E-state index in [4.69, 9.17) is 51.7 Å². The highest BCUT2D eigenvalue weighted by Crippen LogP contribution is 2.36. The highest BCUT2D eigenvalue weighted by molar-refractivity contribution is 6.41. The topological polar surface area (TPSA) is 36.7 Å². The molecule has 0 bridgehead atoms. The SMILES string of the molecule is N#CCc1nc(-c2c(Cl)cc(Cl)cc2Cl)ccc1Cl. The second-order valence-corrected chi connectivity index (χ2v) is 5.36. The number of benzene rings is 1. The van der Waals surface area contributed by atoms with Gasteiger partial charge in [-0.25, -0.2) is 0 Å². The molecule has 19 heavy (non-hydrogen) atoms. The van der Waals surface area contributed by atoms with E-state index in [1.165, 1.54) is 0 Å². The molecule has 2 aromatic rings. The molecule has 0 aliphatic heterocycles. The number of nitriles is 1. The van der Waals surface area contributed by atoms with Crippen LogP contribution in [-0.4, -0.2) is 4.98 Å². The first-order valence-electron chi connectivity index (χ1n) is 5.20. The molecule has 0 unspecified atom stereocenters. The molecule has 1 heterocycles. The fourth-order valence-electron chi connectivity index (χ4n) is 1.61. The van der Waals surface area contributed by atoms with Crippen molar-refractivity contribution in [3.05, 3.63) is 50.0 Å². The minimum absolute atomic E-state index is 0.121. The fourth-order valence-corrected chi connectivity index (χ4v) is 2.79. The Kier molecular flexibility index (Phi) is 4.54. The van der Waals surface area contributed by atoms with E-state index in [0.29, 0.717) is 37.0 Å². The van der Waals surface area contributed by atoms with E-state index in [-0.39, 0.29) is 6.42 Å². The normalized spacial score (nSPS) is 10.3. The molecule has 0 atom stereocenters. The number of halogens is 4. The van der Waals surface area contributed by atoms with Crippen LogP contribution in [0, 0.1) is 11.3 Å². The van der Waals surface area contributed by atoms with Gasteiger partial charge in [-0.05, 0) is 24.3 Å². The Labute approximate surface area is 130 Å². The van der Waals surface area contributed by atoms with Crippen LogP contribution >= 0.6 is 46.4 Å². The van der Waals surface area contributed by atoms with Gasteiger partial charge in [0.15, 0.2) is 0 Å². The Bertz CT molecular complexity index is 654. The second kappa shape index (κ2) is 5.98. The Morgan fingerprint density at radius 2 is 1.63 bits per heavy atom. The van der Waals surface area contributed by atoms with E-state index in [0.717, 1.165) is 0 Å². The number of nitrogens with zero attached hydrogens (tertiary/aromatic N) is 2. The zero-order valence-corrected chi connectivity index (χ0v) is 12.4. The van der Waals surface area contributed by atoms with E-state index < -0.39 is 0 Å². The second-order valence-electron chi connectivity index (χ2n) is 3.70. The van der Waals surface area contributed by atoms with E-state index in [1.807, 2.05) is 6.07 Å². The zero-order chi connectivity index (χ0) is 14.0. The fraction of sp³-hybridized carbons (Fsp3) is 0.0769. The Morgan fingerprint density at radius 1 is 1.00 bits per heavy atom. The van der Waals surface area contributed by atoms with Gasteiger partial charge >= 0.3 is 0 Å². The van der Waals surface area contributed by atoms with Crippen LogP contribution in [0.1, 0.15) is 5.69 Å². The first-order chi connectivity index (χ1) is 9.02. The first kappa shape index (κ1) is 14.4. The number of aromatic nitrogens is 1. The molecule has 0 saturated heterocycles. The van der Waals surface area contributed by atoms with Crippen LogP contribution in [0.25, 0.3) is 11.3 Å². The third-order valence-electron chi connectivity index (χ3n) is 2.43. The molecule has 0 aliphatic carbocycles. The first-order valence-corrected chi connectivity index (χ1v) is 6.71. The van der Waals surface area contributed by atoms with Gasteiger partial charge in [-0.3, -0.25) is 4.98 Å². The highest BCUT2D eigenvalue weighted by atomic mass is 35.5. The van der Waals surface area contributed by atoms with Gasteiger partial charge in [0.1, 0.15) is 0 Å². The van der Waals surface area contributed by atoms with Crippen molar-refractivity contribution >= 4 is 46.4 Å². The van der Waals surface area contributed by atoms with Crippen molar-refractivity contribution in [2.24, 2.45) is 0 Å². The summed E-state index contributed by atoms with van der Waals surface area (Å²) in [4.78, 5) is 4.32. The molecule has 0 saturated carbocycles. The van der Waals surface area contributed by atoms with E-state index in [2.05, 4.69) is 4.98 Å². The molecule has 6 heteroatoms. The molecule has 0 N–H and O–H groups in total. The number of pyridine rings is 1. The molecule has 1 aromatic heterocycles. The van der Waals surface area contributed by atoms with Gasteiger partial charge in [0.05, 0.1) is 38.9 Å². The standard InChI is InChI=1S/C13H6Cl4N2/c14-7-5-9(16)13(10(17)6-7)12-2-1-8(15)11(19-12)3-4-18/h1-2,5-6H,3H2. The summed E-state index contributed by atoms with van der Waals surface area (Å²) in [7, 11) is 0. The maximum absolute atomic E-state index is 8.73. The average molecular weight is 332 g/mol. The van der Waals surface area contributed by atoms with Crippen molar-refractivity contribution in [2.45, 2.75) is 6.42 Å². The van der Waals surface area contributed by atoms with E-state index in [1.54, 1.807) is 24.3 Å². The van der Waals surface area contributed by atoms with Crippen molar-refractivity contribution in [1.29, 1.82) is 5.26 Å². The van der Waals surface area contributed by atoms with Crippen LogP contribution < -0.4 is 0 Å². The summed E-state index contributed by atoms with van der Waals surface area (Å²) in [5, 5.41) is 10.4. The van der Waals surface area contributed by atoms with Gasteiger partial charge in [-0.1, -0.05) is 46.4 Å². The lowest BCUT2D eigenvalue weighted by atomic mass is 10.1. The quantitative estimate of drug-likeness (QED) is 0.735. The Morgan fingerprint density at radius 3 is 2.21 bits per heavy atom. The average Bonchev–Trinajstić information content (AvgIpc) is 2.32. The maximum atomic E-state index is 8.73. The van der Waals surface area contributed by atoms with Crippen molar-refractivity contribution in [2.75, 3.05) is 0 Å². The summed E-state index contributed by atoms with van der Waals surface area (Å²) in [6.45, 7) is 0. The predicted molar refractivity (Wildman–Crippen MR) is 79.0 cm³/mol. The lowest BCUT2D eigenvalue weighted by Gasteiger charge is -2.09. The molecule has 2 rings (SSSR count). The van der Waals surface area contributed by atoms with Crippen molar-refractivity contribution < 1.29 is 0 Å². The van der Waals surface area contributed by atoms with Gasteiger partial charge in [-0.2, -0.15) is 5.26 Å². The minimum Gasteiger partial charge on any atom is -0.250 e. The molecule has 0 amide bonds. The van der Waals surface area contributed by atoms with Crippen molar-refractivity contribution in [1.82, 2.24) is 4.98 Å². The molecular weight excluding hydrogens is 326 g/mol. The summed E-state index contributed by atoms with van der Waals surface area (Å²) in [5.41, 5.74) is 1.62. The molecular formula is C13H6Cl4N2.